The minimum Gasteiger partial charge on any atom is -0.548 e. The van der Waals surface area contributed by atoms with Crippen LogP contribution in [-0.4, -0.2) is 17.4 Å². The SMILES string of the molecule is O=C([O-])C1c2ccoc2CCN1Cc1ccccc1F.[K+]. The molecule has 1 unspecified atom stereocenters. The van der Waals surface area contributed by atoms with Gasteiger partial charge in [0.1, 0.15) is 11.6 Å². The van der Waals surface area contributed by atoms with Gasteiger partial charge in [-0.1, -0.05) is 18.2 Å². The molecule has 0 saturated carbocycles. The second kappa shape index (κ2) is 7.17. The van der Waals surface area contributed by atoms with E-state index in [-0.39, 0.29) is 63.7 Å². The number of rotatable bonds is 3. The Labute approximate surface area is 164 Å². The van der Waals surface area contributed by atoms with Crippen molar-refractivity contribution in [3.63, 3.8) is 0 Å². The molecule has 2 aromatic rings. The van der Waals surface area contributed by atoms with Crippen LogP contribution in [0.3, 0.4) is 0 Å². The monoisotopic (exact) mass is 313 g/mol. The van der Waals surface area contributed by atoms with Crippen LogP contribution >= 0.6 is 0 Å². The van der Waals surface area contributed by atoms with Gasteiger partial charge in [0.2, 0.25) is 0 Å². The maximum atomic E-state index is 13.7. The largest absolute Gasteiger partial charge is 1.00 e. The van der Waals surface area contributed by atoms with Gasteiger partial charge in [-0.3, -0.25) is 4.90 Å². The maximum Gasteiger partial charge on any atom is 1.00 e. The van der Waals surface area contributed by atoms with Gasteiger partial charge >= 0.3 is 51.4 Å². The summed E-state index contributed by atoms with van der Waals surface area (Å²) in [6, 6.07) is 7.13. The molecule has 6 heteroatoms. The van der Waals surface area contributed by atoms with E-state index in [1.54, 1.807) is 29.2 Å². The third-order valence-corrected chi connectivity index (χ3v) is 3.62. The predicted molar refractivity (Wildman–Crippen MR) is 67.0 cm³/mol. The van der Waals surface area contributed by atoms with Crippen molar-refractivity contribution in [1.82, 2.24) is 4.90 Å². The first-order chi connectivity index (χ1) is 9.66. The van der Waals surface area contributed by atoms with Gasteiger partial charge in [-0.25, -0.2) is 4.39 Å². The van der Waals surface area contributed by atoms with Gasteiger partial charge in [-0.15, -0.1) is 0 Å². The number of hydrogen-bond acceptors (Lipinski definition) is 4. The van der Waals surface area contributed by atoms with Crippen LogP contribution in [0.1, 0.15) is 22.9 Å². The summed E-state index contributed by atoms with van der Waals surface area (Å²) in [6.07, 6.45) is 2.09. The first-order valence-corrected chi connectivity index (χ1v) is 6.41. The van der Waals surface area contributed by atoms with Crippen molar-refractivity contribution in [3.05, 3.63) is 59.3 Å². The number of aliphatic carboxylic acids is 1. The van der Waals surface area contributed by atoms with Crippen molar-refractivity contribution in [2.24, 2.45) is 0 Å². The van der Waals surface area contributed by atoms with Crippen molar-refractivity contribution < 1.29 is 70.1 Å². The van der Waals surface area contributed by atoms with Crippen LogP contribution in [-0.2, 0) is 17.8 Å². The molecule has 0 spiro atoms. The molecular formula is C15H13FKNO3. The second-order valence-electron chi connectivity index (χ2n) is 4.83. The number of fused-ring (bicyclic) bond motifs is 1. The smallest absolute Gasteiger partial charge is 0.548 e. The Bertz CT molecular complexity index is 643. The Morgan fingerprint density at radius 3 is 2.86 bits per heavy atom. The Balaban J connectivity index is 0.00000161. The summed E-state index contributed by atoms with van der Waals surface area (Å²) in [6.45, 7) is 0.726. The number of benzene rings is 1. The van der Waals surface area contributed by atoms with Crippen LogP contribution in [0.4, 0.5) is 4.39 Å². The summed E-state index contributed by atoms with van der Waals surface area (Å²) < 4.78 is 19.0. The van der Waals surface area contributed by atoms with Gasteiger partial charge < -0.3 is 14.3 Å². The van der Waals surface area contributed by atoms with E-state index in [4.69, 9.17) is 4.42 Å². The molecule has 4 nitrogen and oxygen atoms in total. The Morgan fingerprint density at radius 1 is 1.38 bits per heavy atom. The van der Waals surface area contributed by atoms with Crippen LogP contribution in [0.5, 0.6) is 0 Å². The number of carbonyl (C=O) groups excluding carboxylic acids is 1. The van der Waals surface area contributed by atoms with Gasteiger partial charge in [0.15, 0.2) is 0 Å². The van der Waals surface area contributed by atoms with Crippen molar-refractivity contribution >= 4 is 5.97 Å². The molecule has 21 heavy (non-hydrogen) atoms. The van der Waals surface area contributed by atoms with Crippen LogP contribution in [0.2, 0.25) is 0 Å². The normalized spacial score (nSPS) is 17.9. The predicted octanol–water partition coefficient (Wildman–Crippen LogP) is -1.73. The number of halogens is 1. The van der Waals surface area contributed by atoms with Gasteiger partial charge in [0.25, 0.3) is 0 Å². The topological polar surface area (TPSA) is 56.5 Å². The zero-order chi connectivity index (χ0) is 14.1. The van der Waals surface area contributed by atoms with Crippen molar-refractivity contribution in [3.8, 4) is 0 Å². The second-order valence-corrected chi connectivity index (χ2v) is 4.83. The fourth-order valence-corrected chi connectivity index (χ4v) is 2.66. The third kappa shape index (κ3) is 3.47. The standard InChI is InChI=1S/C15H14FNO3.K/c16-12-4-2-1-3-10(12)9-17-7-5-13-11(6-8-20-13)14(17)15(18)19;/h1-4,6,8,14H,5,7,9H2,(H,18,19);/q;+1/p-1. The van der Waals surface area contributed by atoms with E-state index in [9.17, 15) is 14.3 Å². The summed E-state index contributed by atoms with van der Waals surface area (Å²) in [5.74, 6) is -0.852. The number of carboxylic acids is 1. The van der Waals surface area contributed by atoms with Crippen molar-refractivity contribution in [1.29, 1.82) is 0 Å². The molecular weight excluding hydrogens is 300 g/mol. The average Bonchev–Trinajstić information content (AvgIpc) is 2.88. The van der Waals surface area contributed by atoms with E-state index >= 15 is 0 Å². The fraction of sp³-hybridized carbons (Fsp3) is 0.267. The van der Waals surface area contributed by atoms with E-state index < -0.39 is 12.0 Å². The third-order valence-electron chi connectivity index (χ3n) is 3.62. The Morgan fingerprint density at radius 2 is 2.14 bits per heavy atom. The quantitative estimate of drug-likeness (QED) is 0.632. The summed E-state index contributed by atoms with van der Waals surface area (Å²) in [5, 5.41) is 11.4. The Hall–Kier alpha value is -0.504. The average molecular weight is 313 g/mol. The van der Waals surface area contributed by atoms with Gasteiger partial charge in [-0.2, -0.15) is 0 Å². The number of carboxylic acid groups (broad SMARTS) is 1. The first kappa shape index (κ1) is 16.9. The van der Waals surface area contributed by atoms with Crippen molar-refractivity contribution in [2.75, 3.05) is 6.54 Å². The molecule has 1 atom stereocenters. The molecule has 2 heterocycles. The molecule has 0 aliphatic carbocycles. The fourth-order valence-electron chi connectivity index (χ4n) is 2.66. The minimum absolute atomic E-state index is 0. The molecule has 104 valence electrons. The minimum atomic E-state index is -1.19. The van der Waals surface area contributed by atoms with E-state index in [2.05, 4.69) is 0 Å². The maximum absolute atomic E-state index is 13.7. The number of hydrogen-bond donors (Lipinski definition) is 0. The first-order valence-electron chi connectivity index (χ1n) is 6.41. The molecule has 1 aromatic carbocycles. The summed E-state index contributed by atoms with van der Waals surface area (Å²) >= 11 is 0. The molecule has 0 saturated heterocycles. The molecule has 1 aliphatic heterocycles. The van der Waals surface area contributed by atoms with Crippen molar-refractivity contribution in [2.45, 2.75) is 19.0 Å². The van der Waals surface area contributed by atoms with E-state index in [0.717, 1.165) is 0 Å². The van der Waals surface area contributed by atoms with Crippen LogP contribution < -0.4 is 56.5 Å². The number of nitrogens with zero attached hydrogens (tertiary/aromatic N) is 1. The molecule has 0 bridgehead atoms. The number of carbonyl (C=O) groups is 1. The zero-order valence-electron chi connectivity index (χ0n) is 11.7. The molecule has 0 N–H and O–H groups in total. The van der Waals surface area contributed by atoms with Gasteiger partial charge in [-0.05, 0) is 12.1 Å². The van der Waals surface area contributed by atoms with Crippen LogP contribution in [0.25, 0.3) is 0 Å². The Kier molecular flexibility index (Phi) is 5.76. The molecule has 1 aliphatic rings. The zero-order valence-corrected chi connectivity index (χ0v) is 14.8. The summed E-state index contributed by atoms with van der Waals surface area (Å²) in [7, 11) is 0. The van der Waals surface area contributed by atoms with Gasteiger partial charge in [0.05, 0.1) is 18.3 Å². The number of furan rings is 1. The van der Waals surface area contributed by atoms with Gasteiger partial charge in [0, 0.05) is 30.6 Å². The molecule has 1 aromatic heterocycles. The molecule has 0 amide bonds. The van der Waals surface area contributed by atoms with E-state index in [1.165, 1.54) is 12.3 Å². The van der Waals surface area contributed by atoms with Crippen LogP contribution in [0, 0.1) is 5.82 Å². The molecule has 3 rings (SSSR count). The van der Waals surface area contributed by atoms with E-state index in [1.807, 2.05) is 0 Å². The molecule has 0 radical (unpaired) electrons. The summed E-state index contributed by atoms with van der Waals surface area (Å²) in [4.78, 5) is 13.1. The molecule has 0 fully saturated rings. The van der Waals surface area contributed by atoms with Crippen LogP contribution in [0.15, 0.2) is 41.0 Å². The van der Waals surface area contributed by atoms with E-state index in [0.29, 0.717) is 29.9 Å². The summed E-state index contributed by atoms with van der Waals surface area (Å²) in [5.41, 5.74) is 1.08.